The van der Waals surface area contributed by atoms with Crippen molar-refractivity contribution in [1.82, 2.24) is 15.0 Å². The van der Waals surface area contributed by atoms with Crippen molar-refractivity contribution in [2.45, 2.75) is 58.4 Å². The van der Waals surface area contributed by atoms with Crippen LogP contribution in [0.2, 0.25) is 0 Å². The van der Waals surface area contributed by atoms with Gasteiger partial charge in [-0.25, -0.2) is 10.4 Å². The Morgan fingerprint density at radius 1 is 0.872 bits per heavy atom. The van der Waals surface area contributed by atoms with Crippen LogP contribution in [0.5, 0.6) is 5.75 Å². The number of aromatic nitrogens is 2. The lowest BCUT2D eigenvalue weighted by Crippen LogP contribution is -2.19. The fourth-order valence-electron chi connectivity index (χ4n) is 4.44. The average Bonchev–Trinajstić information content (AvgIpc) is 3.41. The molecule has 0 radical (unpaired) electrons. The number of amides is 1. The minimum Gasteiger partial charge on any atom is -0.494 e. The summed E-state index contributed by atoms with van der Waals surface area (Å²) in [5.74, 6) is 0.702. The Kier molecular flexibility index (Phi) is 10.9. The Hall–Kier alpha value is -4.19. The molecule has 4 aromatic rings. The normalized spacial score (nSPS) is 11.1. The minimum atomic E-state index is -0.154. The second-order valence-electron chi connectivity index (χ2n) is 9.60. The zero-order chi connectivity index (χ0) is 27.1. The predicted octanol–water partition coefficient (Wildman–Crippen LogP) is 7.50. The highest BCUT2D eigenvalue weighted by atomic mass is 16.5. The van der Waals surface area contributed by atoms with Gasteiger partial charge in [0.15, 0.2) is 0 Å². The molecule has 0 saturated heterocycles. The van der Waals surface area contributed by atoms with Crippen LogP contribution in [0, 0.1) is 0 Å². The molecule has 0 aliphatic carbocycles. The molecule has 6 heteroatoms. The van der Waals surface area contributed by atoms with Gasteiger partial charge in [-0.05, 0) is 36.2 Å². The van der Waals surface area contributed by atoms with Crippen LogP contribution in [-0.4, -0.2) is 28.3 Å². The van der Waals surface area contributed by atoms with Gasteiger partial charge in [-0.3, -0.25) is 4.79 Å². The molecule has 39 heavy (non-hydrogen) atoms. The van der Waals surface area contributed by atoms with Gasteiger partial charge in [0.25, 0.3) is 0 Å². The van der Waals surface area contributed by atoms with E-state index in [0.29, 0.717) is 6.54 Å². The molecule has 0 bridgehead atoms. The van der Waals surface area contributed by atoms with Gasteiger partial charge in [-0.15, -0.1) is 0 Å². The van der Waals surface area contributed by atoms with Crippen molar-refractivity contribution in [3.8, 4) is 28.3 Å². The summed E-state index contributed by atoms with van der Waals surface area (Å²) in [6.07, 6.45) is 11.2. The van der Waals surface area contributed by atoms with Crippen LogP contribution in [0.4, 0.5) is 0 Å². The van der Waals surface area contributed by atoms with E-state index in [1.807, 2.05) is 65.2 Å². The molecule has 0 spiro atoms. The van der Waals surface area contributed by atoms with Crippen molar-refractivity contribution in [3.63, 3.8) is 0 Å². The molecule has 1 aromatic heterocycles. The second-order valence-corrected chi connectivity index (χ2v) is 9.60. The van der Waals surface area contributed by atoms with Crippen LogP contribution >= 0.6 is 0 Å². The van der Waals surface area contributed by atoms with E-state index in [-0.39, 0.29) is 12.3 Å². The van der Waals surface area contributed by atoms with E-state index in [9.17, 15) is 4.79 Å². The SMILES string of the molecule is CCCCCCCCOc1ccc(C=NNC(=O)CCn2cnc(-c3ccccc3)c2-c2ccccc2)cc1. The molecule has 0 aliphatic rings. The molecule has 1 heterocycles. The maximum absolute atomic E-state index is 12.5. The van der Waals surface area contributed by atoms with Gasteiger partial charge in [0.2, 0.25) is 5.91 Å². The van der Waals surface area contributed by atoms with E-state index in [4.69, 9.17) is 4.74 Å². The van der Waals surface area contributed by atoms with Gasteiger partial charge in [0, 0.05) is 24.1 Å². The summed E-state index contributed by atoms with van der Waals surface area (Å²) < 4.78 is 7.87. The van der Waals surface area contributed by atoms with Crippen LogP contribution in [0.25, 0.3) is 22.5 Å². The summed E-state index contributed by atoms with van der Waals surface area (Å²) >= 11 is 0. The Labute approximate surface area is 231 Å². The third kappa shape index (κ3) is 8.67. The molecule has 0 aliphatic heterocycles. The van der Waals surface area contributed by atoms with Crippen LogP contribution in [0.1, 0.15) is 57.4 Å². The summed E-state index contributed by atoms with van der Waals surface area (Å²) in [6, 6.07) is 28.0. The Morgan fingerprint density at radius 3 is 2.26 bits per heavy atom. The lowest BCUT2D eigenvalue weighted by atomic mass is 10.0. The maximum Gasteiger partial charge on any atom is 0.241 e. The number of imidazole rings is 1. The zero-order valence-corrected chi connectivity index (χ0v) is 22.8. The van der Waals surface area contributed by atoms with E-state index in [0.717, 1.165) is 46.9 Å². The number of ether oxygens (including phenoxy) is 1. The number of unbranched alkanes of at least 4 members (excludes halogenated alkanes) is 5. The highest BCUT2D eigenvalue weighted by molar-refractivity contribution is 5.83. The Balaban J connectivity index is 1.26. The first-order chi connectivity index (χ1) is 19.2. The molecule has 0 atom stereocenters. The first-order valence-electron chi connectivity index (χ1n) is 14.0. The molecule has 3 aromatic carbocycles. The summed E-state index contributed by atoms with van der Waals surface area (Å²) in [6.45, 7) is 3.47. The van der Waals surface area contributed by atoms with Crippen molar-refractivity contribution in [2.24, 2.45) is 5.10 Å². The number of carbonyl (C=O) groups excluding carboxylic acids is 1. The lowest BCUT2D eigenvalue weighted by Gasteiger charge is -2.10. The van der Waals surface area contributed by atoms with Gasteiger partial charge in [-0.2, -0.15) is 5.10 Å². The first kappa shape index (κ1) is 27.8. The lowest BCUT2D eigenvalue weighted by molar-refractivity contribution is -0.121. The van der Waals surface area contributed by atoms with Gasteiger partial charge < -0.3 is 9.30 Å². The average molecular weight is 523 g/mol. The monoisotopic (exact) mass is 522 g/mol. The molecule has 0 saturated carbocycles. The molecule has 4 rings (SSSR count). The van der Waals surface area contributed by atoms with E-state index in [1.165, 1.54) is 32.1 Å². The molecule has 0 fully saturated rings. The van der Waals surface area contributed by atoms with Gasteiger partial charge >= 0.3 is 0 Å². The number of hydrazone groups is 1. The number of aryl methyl sites for hydroxylation is 1. The topological polar surface area (TPSA) is 68.5 Å². The van der Waals surface area contributed by atoms with Crippen molar-refractivity contribution in [3.05, 3.63) is 96.8 Å². The molecule has 1 N–H and O–H groups in total. The highest BCUT2D eigenvalue weighted by Crippen LogP contribution is 2.31. The number of hydrogen-bond donors (Lipinski definition) is 1. The van der Waals surface area contributed by atoms with Gasteiger partial charge in [0.1, 0.15) is 5.75 Å². The fourth-order valence-corrected chi connectivity index (χ4v) is 4.44. The Morgan fingerprint density at radius 2 is 1.54 bits per heavy atom. The fraction of sp³-hybridized carbons (Fsp3) is 0.303. The number of nitrogens with one attached hydrogen (secondary N) is 1. The molecule has 0 unspecified atom stereocenters. The van der Waals surface area contributed by atoms with Crippen LogP contribution in [0.3, 0.4) is 0 Å². The van der Waals surface area contributed by atoms with Crippen molar-refractivity contribution in [1.29, 1.82) is 0 Å². The van der Waals surface area contributed by atoms with Crippen molar-refractivity contribution < 1.29 is 9.53 Å². The van der Waals surface area contributed by atoms with Crippen LogP contribution in [-0.2, 0) is 11.3 Å². The van der Waals surface area contributed by atoms with E-state index < -0.39 is 0 Å². The summed E-state index contributed by atoms with van der Waals surface area (Å²) in [7, 11) is 0. The molecule has 202 valence electrons. The number of rotatable bonds is 15. The zero-order valence-electron chi connectivity index (χ0n) is 22.8. The van der Waals surface area contributed by atoms with Crippen molar-refractivity contribution >= 4 is 12.1 Å². The number of carbonyl (C=O) groups is 1. The second kappa shape index (κ2) is 15.3. The molecule has 1 amide bonds. The maximum atomic E-state index is 12.5. The predicted molar refractivity (Wildman–Crippen MR) is 159 cm³/mol. The molecular weight excluding hydrogens is 484 g/mol. The van der Waals surface area contributed by atoms with Gasteiger partial charge in [-0.1, -0.05) is 99.7 Å². The van der Waals surface area contributed by atoms with E-state index in [1.54, 1.807) is 12.5 Å². The number of nitrogens with zero attached hydrogens (tertiary/aromatic N) is 3. The number of hydrogen-bond acceptors (Lipinski definition) is 4. The van der Waals surface area contributed by atoms with Crippen molar-refractivity contribution in [2.75, 3.05) is 6.61 Å². The third-order valence-corrected chi connectivity index (χ3v) is 6.56. The largest absolute Gasteiger partial charge is 0.494 e. The highest BCUT2D eigenvalue weighted by Gasteiger charge is 2.15. The minimum absolute atomic E-state index is 0.154. The molecular formula is C33H38N4O2. The molecule has 6 nitrogen and oxygen atoms in total. The smallest absolute Gasteiger partial charge is 0.241 e. The standard InChI is InChI=1S/C33H38N4O2/c1-2-3-4-5-6-13-24-39-30-20-18-27(19-21-30)25-35-36-31(38)22-23-37-26-34-32(28-14-9-7-10-15-28)33(37)29-16-11-8-12-17-29/h7-12,14-21,25-26H,2-6,13,22-24H2,1H3,(H,36,38). The summed E-state index contributed by atoms with van der Waals surface area (Å²) in [5, 5.41) is 4.14. The summed E-state index contributed by atoms with van der Waals surface area (Å²) in [5.41, 5.74) is 7.55. The summed E-state index contributed by atoms with van der Waals surface area (Å²) in [4.78, 5) is 17.2. The third-order valence-electron chi connectivity index (χ3n) is 6.56. The number of benzene rings is 3. The van der Waals surface area contributed by atoms with E-state index >= 15 is 0 Å². The Bertz CT molecular complexity index is 1300. The van der Waals surface area contributed by atoms with Crippen LogP contribution in [0.15, 0.2) is 96.4 Å². The first-order valence-corrected chi connectivity index (χ1v) is 14.0. The van der Waals surface area contributed by atoms with Crippen LogP contribution < -0.4 is 10.2 Å². The quantitative estimate of drug-likeness (QED) is 0.0998. The van der Waals surface area contributed by atoms with E-state index in [2.05, 4.69) is 46.7 Å². The van der Waals surface area contributed by atoms with Gasteiger partial charge in [0.05, 0.1) is 30.5 Å².